The Hall–Kier alpha value is -2.08. The third-order valence-corrected chi connectivity index (χ3v) is 3.87. The lowest BCUT2D eigenvalue weighted by molar-refractivity contribution is -0.120. The summed E-state index contributed by atoms with van der Waals surface area (Å²) < 4.78 is 4.26. The molecule has 2 aromatic heterocycles. The summed E-state index contributed by atoms with van der Waals surface area (Å²) in [5.74, 6) is 0.705. The highest BCUT2D eigenvalue weighted by molar-refractivity contribution is 7.10. The first-order valence-electron chi connectivity index (χ1n) is 6.53. The van der Waals surface area contributed by atoms with Crippen molar-refractivity contribution in [3.63, 3.8) is 0 Å². The predicted molar refractivity (Wildman–Crippen MR) is 78.3 cm³/mol. The van der Waals surface area contributed by atoms with Gasteiger partial charge in [0.05, 0.1) is 0 Å². The van der Waals surface area contributed by atoms with E-state index in [4.69, 9.17) is 0 Å². The van der Waals surface area contributed by atoms with Crippen LogP contribution >= 0.6 is 11.5 Å². The first-order chi connectivity index (χ1) is 9.83. The lowest BCUT2D eigenvalue weighted by Crippen LogP contribution is -2.23. The number of carbonyl (C=O) groups excluding carboxylic acids is 1. The average molecular weight is 286 g/mol. The summed E-state index contributed by atoms with van der Waals surface area (Å²) in [7, 11) is 0. The summed E-state index contributed by atoms with van der Waals surface area (Å²) in [6, 6.07) is 3.69. The third-order valence-electron chi connectivity index (χ3n) is 3.23. The van der Waals surface area contributed by atoms with Crippen molar-refractivity contribution in [3.05, 3.63) is 36.7 Å². The van der Waals surface area contributed by atoms with Gasteiger partial charge < -0.3 is 5.32 Å². The Kier molecular flexibility index (Phi) is 3.83. The fraction of sp³-hybridized carbons (Fsp3) is 0.286. The Morgan fingerprint density at radius 2 is 2.15 bits per heavy atom. The molecule has 5 nitrogen and oxygen atoms in total. The standard InChI is InChI=1S/C14H14N4OS/c19-13(11-4-2-1-3-5-11)17-14-16-12(18-20-14)10-6-8-15-9-7-10/h1-2,6-9,11H,3-5H2,(H,16,17,18,19)/t11-/m1/s1. The monoisotopic (exact) mass is 286 g/mol. The van der Waals surface area contributed by atoms with Gasteiger partial charge in [-0.2, -0.15) is 9.36 Å². The van der Waals surface area contributed by atoms with Crippen molar-refractivity contribution in [2.45, 2.75) is 19.3 Å². The SMILES string of the molecule is O=C(Nc1nc(-c2ccncc2)ns1)[C@@H]1CC=CCC1. The van der Waals surface area contributed by atoms with Crippen LogP contribution in [-0.4, -0.2) is 20.2 Å². The first kappa shape index (κ1) is 12.9. The number of rotatable bonds is 3. The van der Waals surface area contributed by atoms with Gasteiger partial charge in [-0.15, -0.1) is 0 Å². The summed E-state index contributed by atoms with van der Waals surface area (Å²) in [6.45, 7) is 0. The van der Waals surface area contributed by atoms with Crippen molar-refractivity contribution in [1.29, 1.82) is 0 Å². The minimum absolute atomic E-state index is 0.0341. The molecular formula is C14H14N4OS. The second-order valence-corrected chi connectivity index (χ2v) is 5.38. The number of aromatic nitrogens is 3. The second-order valence-electron chi connectivity index (χ2n) is 4.63. The van der Waals surface area contributed by atoms with Crippen molar-refractivity contribution >= 4 is 22.6 Å². The van der Waals surface area contributed by atoms with E-state index in [1.165, 1.54) is 11.5 Å². The maximum absolute atomic E-state index is 12.1. The van der Waals surface area contributed by atoms with Crippen LogP contribution in [0.25, 0.3) is 11.4 Å². The molecule has 0 radical (unpaired) electrons. The minimum atomic E-state index is 0.0341. The fourth-order valence-corrected chi connectivity index (χ4v) is 2.72. The topological polar surface area (TPSA) is 67.8 Å². The number of hydrogen-bond donors (Lipinski definition) is 1. The molecule has 1 amide bonds. The summed E-state index contributed by atoms with van der Waals surface area (Å²) in [5.41, 5.74) is 0.900. The van der Waals surface area contributed by atoms with E-state index < -0.39 is 0 Å². The summed E-state index contributed by atoms with van der Waals surface area (Å²) in [4.78, 5) is 20.4. The molecular weight excluding hydrogens is 272 g/mol. The average Bonchev–Trinajstić information content (AvgIpc) is 2.97. The molecule has 0 spiro atoms. The van der Waals surface area contributed by atoms with Crippen LogP contribution in [0.4, 0.5) is 5.13 Å². The van der Waals surface area contributed by atoms with Crippen LogP contribution < -0.4 is 5.32 Å². The molecule has 1 N–H and O–H groups in total. The molecule has 6 heteroatoms. The van der Waals surface area contributed by atoms with Crippen LogP contribution in [0.15, 0.2) is 36.7 Å². The van der Waals surface area contributed by atoms with Crippen molar-refractivity contribution in [2.24, 2.45) is 5.92 Å². The predicted octanol–water partition coefficient (Wildman–Crippen LogP) is 2.89. The molecule has 1 aliphatic rings. The van der Waals surface area contributed by atoms with Crippen LogP contribution in [0.5, 0.6) is 0 Å². The Labute approximate surface area is 120 Å². The molecule has 0 fully saturated rings. The highest BCUT2D eigenvalue weighted by Gasteiger charge is 2.20. The van der Waals surface area contributed by atoms with Crippen molar-refractivity contribution in [2.75, 3.05) is 5.32 Å². The summed E-state index contributed by atoms with van der Waals surface area (Å²) >= 11 is 1.21. The van der Waals surface area contributed by atoms with E-state index in [0.717, 1.165) is 24.8 Å². The molecule has 2 aromatic rings. The lowest BCUT2D eigenvalue weighted by Gasteiger charge is -2.15. The molecule has 0 aliphatic heterocycles. The number of allylic oxidation sites excluding steroid dienone is 2. The van der Waals surface area contributed by atoms with Gasteiger partial charge in [-0.3, -0.25) is 9.78 Å². The van der Waals surface area contributed by atoms with Gasteiger partial charge in [0.1, 0.15) is 0 Å². The molecule has 20 heavy (non-hydrogen) atoms. The van der Waals surface area contributed by atoms with Gasteiger partial charge in [-0.25, -0.2) is 0 Å². The van der Waals surface area contributed by atoms with Gasteiger partial charge in [-0.1, -0.05) is 12.2 Å². The maximum Gasteiger partial charge on any atom is 0.229 e. The number of nitrogens with zero attached hydrogens (tertiary/aromatic N) is 3. The van der Waals surface area contributed by atoms with E-state index in [1.54, 1.807) is 12.4 Å². The molecule has 2 heterocycles. The first-order valence-corrected chi connectivity index (χ1v) is 7.30. The van der Waals surface area contributed by atoms with Crippen LogP contribution in [0.3, 0.4) is 0 Å². The van der Waals surface area contributed by atoms with E-state index >= 15 is 0 Å². The largest absolute Gasteiger partial charge is 0.300 e. The second kappa shape index (κ2) is 5.92. The van der Waals surface area contributed by atoms with Gasteiger partial charge in [-0.05, 0) is 31.4 Å². The number of pyridine rings is 1. The molecule has 1 aliphatic carbocycles. The Bertz CT molecular complexity index is 623. The Morgan fingerprint density at radius 3 is 2.90 bits per heavy atom. The molecule has 0 aromatic carbocycles. The summed E-state index contributed by atoms with van der Waals surface area (Å²) in [6.07, 6.45) is 10.3. The lowest BCUT2D eigenvalue weighted by atomic mass is 9.94. The number of carbonyl (C=O) groups is 1. The molecule has 0 saturated carbocycles. The number of amides is 1. The molecule has 102 valence electrons. The van der Waals surface area contributed by atoms with Crippen molar-refractivity contribution in [3.8, 4) is 11.4 Å². The van der Waals surface area contributed by atoms with Crippen molar-refractivity contribution < 1.29 is 4.79 Å². The van der Waals surface area contributed by atoms with E-state index in [-0.39, 0.29) is 11.8 Å². The van der Waals surface area contributed by atoms with Crippen LogP contribution in [0.1, 0.15) is 19.3 Å². The van der Waals surface area contributed by atoms with Crippen LogP contribution in [0, 0.1) is 5.92 Å². The Morgan fingerprint density at radius 1 is 1.30 bits per heavy atom. The maximum atomic E-state index is 12.1. The molecule has 0 saturated heterocycles. The van der Waals surface area contributed by atoms with E-state index in [9.17, 15) is 4.79 Å². The zero-order valence-corrected chi connectivity index (χ0v) is 11.6. The van der Waals surface area contributed by atoms with Gasteiger partial charge in [0.15, 0.2) is 5.82 Å². The van der Waals surface area contributed by atoms with E-state index in [0.29, 0.717) is 11.0 Å². The fourth-order valence-electron chi connectivity index (χ4n) is 2.13. The smallest absolute Gasteiger partial charge is 0.229 e. The van der Waals surface area contributed by atoms with Crippen LogP contribution in [0.2, 0.25) is 0 Å². The van der Waals surface area contributed by atoms with E-state index in [1.807, 2.05) is 12.1 Å². The number of nitrogens with one attached hydrogen (secondary N) is 1. The minimum Gasteiger partial charge on any atom is -0.300 e. The molecule has 0 unspecified atom stereocenters. The molecule has 3 rings (SSSR count). The van der Waals surface area contributed by atoms with E-state index in [2.05, 4.69) is 31.8 Å². The van der Waals surface area contributed by atoms with Crippen LogP contribution in [-0.2, 0) is 4.79 Å². The highest BCUT2D eigenvalue weighted by atomic mass is 32.1. The Balaban J connectivity index is 1.68. The van der Waals surface area contributed by atoms with Crippen molar-refractivity contribution in [1.82, 2.24) is 14.3 Å². The van der Waals surface area contributed by atoms with Gasteiger partial charge in [0, 0.05) is 35.4 Å². The highest BCUT2D eigenvalue weighted by Crippen LogP contribution is 2.23. The summed E-state index contributed by atoms with van der Waals surface area (Å²) in [5, 5.41) is 3.41. The van der Waals surface area contributed by atoms with Gasteiger partial charge in [0.2, 0.25) is 11.0 Å². The zero-order valence-electron chi connectivity index (χ0n) is 10.8. The molecule has 1 atom stereocenters. The number of hydrogen-bond acceptors (Lipinski definition) is 5. The zero-order chi connectivity index (χ0) is 13.8. The quantitative estimate of drug-likeness (QED) is 0.881. The molecule has 0 bridgehead atoms. The normalized spacial score (nSPS) is 17.9. The van der Waals surface area contributed by atoms with Gasteiger partial charge in [0.25, 0.3) is 0 Å². The number of anilines is 1. The third kappa shape index (κ3) is 2.91. The van der Waals surface area contributed by atoms with Gasteiger partial charge >= 0.3 is 0 Å².